The molecule has 2 rings (SSSR count). The molecule has 0 radical (unpaired) electrons. The number of rotatable bonds is 6. The van der Waals surface area contributed by atoms with Crippen molar-refractivity contribution in [3.8, 4) is 0 Å². The fourth-order valence-corrected chi connectivity index (χ4v) is 3.33. The first-order chi connectivity index (χ1) is 9.06. The molecule has 0 saturated heterocycles. The maximum atomic E-state index is 5.86. The van der Waals surface area contributed by atoms with E-state index in [1.807, 2.05) is 18.3 Å². The second kappa shape index (κ2) is 6.61. The zero-order chi connectivity index (χ0) is 13.8. The summed E-state index contributed by atoms with van der Waals surface area (Å²) >= 11 is 3.47. The lowest BCUT2D eigenvalue weighted by Crippen LogP contribution is -2.29. The maximum absolute atomic E-state index is 5.86. The smallest absolute Gasteiger partial charge is 0.109 e. The molecule has 2 aromatic rings. The first kappa shape index (κ1) is 14.7. The van der Waals surface area contributed by atoms with E-state index >= 15 is 0 Å². The van der Waals surface area contributed by atoms with Gasteiger partial charge in [-0.15, -0.1) is 22.7 Å². The fourth-order valence-electron chi connectivity index (χ4n) is 1.84. The molecule has 2 heterocycles. The van der Waals surface area contributed by atoms with Crippen molar-refractivity contribution in [1.82, 2.24) is 9.88 Å². The summed E-state index contributed by atoms with van der Waals surface area (Å²) in [5.74, 6) is 0. The molecular weight excluding hydrogens is 274 g/mol. The molecule has 0 amide bonds. The van der Waals surface area contributed by atoms with Crippen LogP contribution in [0.15, 0.2) is 22.9 Å². The molecule has 0 fully saturated rings. The van der Waals surface area contributed by atoms with Crippen molar-refractivity contribution in [2.75, 3.05) is 0 Å². The van der Waals surface area contributed by atoms with Crippen molar-refractivity contribution in [2.24, 2.45) is 5.73 Å². The Morgan fingerprint density at radius 1 is 1.26 bits per heavy atom. The van der Waals surface area contributed by atoms with Gasteiger partial charge in [0.25, 0.3) is 0 Å². The summed E-state index contributed by atoms with van der Waals surface area (Å²) in [6.07, 6.45) is 0. The van der Waals surface area contributed by atoms with Crippen LogP contribution < -0.4 is 5.73 Å². The van der Waals surface area contributed by atoms with Crippen LogP contribution in [0.25, 0.3) is 0 Å². The van der Waals surface area contributed by atoms with Gasteiger partial charge in [-0.1, -0.05) is 6.07 Å². The van der Waals surface area contributed by atoms with Gasteiger partial charge in [0.15, 0.2) is 0 Å². The molecule has 1 unspecified atom stereocenters. The summed E-state index contributed by atoms with van der Waals surface area (Å²) in [6, 6.07) is 4.83. The van der Waals surface area contributed by atoms with E-state index in [1.165, 1.54) is 4.88 Å². The Bertz CT molecular complexity index is 489. The lowest BCUT2D eigenvalue weighted by atomic mass is 10.2. The van der Waals surface area contributed by atoms with E-state index in [-0.39, 0.29) is 6.04 Å². The van der Waals surface area contributed by atoms with Crippen molar-refractivity contribution >= 4 is 22.7 Å². The molecule has 2 aromatic heterocycles. The van der Waals surface area contributed by atoms with Crippen molar-refractivity contribution in [3.05, 3.63) is 38.5 Å². The minimum atomic E-state index is 0.0311. The van der Waals surface area contributed by atoms with E-state index in [2.05, 4.69) is 46.6 Å². The van der Waals surface area contributed by atoms with Crippen LogP contribution in [0.4, 0.5) is 0 Å². The molecule has 0 spiro atoms. The molecule has 0 aromatic carbocycles. The predicted octanol–water partition coefficient (Wildman–Crippen LogP) is 3.63. The van der Waals surface area contributed by atoms with Crippen LogP contribution in [-0.4, -0.2) is 15.9 Å². The van der Waals surface area contributed by atoms with E-state index in [0.717, 1.165) is 23.8 Å². The van der Waals surface area contributed by atoms with Gasteiger partial charge >= 0.3 is 0 Å². The molecule has 104 valence electrons. The van der Waals surface area contributed by atoms with Crippen molar-refractivity contribution < 1.29 is 0 Å². The quantitative estimate of drug-likeness (QED) is 0.885. The van der Waals surface area contributed by atoms with Crippen molar-refractivity contribution in [1.29, 1.82) is 0 Å². The van der Waals surface area contributed by atoms with Crippen LogP contribution in [-0.2, 0) is 13.1 Å². The minimum Gasteiger partial charge on any atom is -0.322 e. The molecule has 5 heteroatoms. The Labute approximate surface area is 123 Å². The van der Waals surface area contributed by atoms with Gasteiger partial charge in [-0.2, -0.15) is 0 Å². The summed E-state index contributed by atoms with van der Waals surface area (Å²) in [7, 11) is 0. The summed E-state index contributed by atoms with van der Waals surface area (Å²) in [5, 5.41) is 5.28. The number of aromatic nitrogens is 1. The second-order valence-corrected chi connectivity index (χ2v) is 6.97. The maximum Gasteiger partial charge on any atom is 0.109 e. The number of hydrogen-bond donors (Lipinski definition) is 1. The molecule has 0 aliphatic heterocycles. The summed E-state index contributed by atoms with van der Waals surface area (Å²) in [6.45, 7) is 8.31. The number of thiazole rings is 1. The highest BCUT2D eigenvalue weighted by atomic mass is 32.1. The monoisotopic (exact) mass is 295 g/mol. The largest absolute Gasteiger partial charge is 0.322 e. The van der Waals surface area contributed by atoms with Gasteiger partial charge in [-0.25, -0.2) is 4.98 Å². The highest BCUT2D eigenvalue weighted by Gasteiger charge is 2.14. The van der Waals surface area contributed by atoms with E-state index in [4.69, 9.17) is 5.73 Å². The van der Waals surface area contributed by atoms with Gasteiger partial charge in [-0.05, 0) is 32.2 Å². The molecule has 2 N–H and O–H groups in total. The third kappa shape index (κ3) is 4.11. The first-order valence-electron chi connectivity index (χ1n) is 6.52. The summed E-state index contributed by atoms with van der Waals surface area (Å²) in [4.78, 5) is 8.45. The number of nitrogens with two attached hydrogens (primary N) is 1. The van der Waals surface area contributed by atoms with E-state index < -0.39 is 0 Å². The minimum absolute atomic E-state index is 0.0311. The average Bonchev–Trinajstić information content (AvgIpc) is 2.98. The SMILES string of the molecule is CC(N)c1nc(CN(Cc2cccs2)C(C)C)cs1. The Morgan fingerprint density at radius 2 is 2.05 bits per heavy atom. The summed E-state index contributed by atoms with van der Waals surface area (Å²) < 4.78 is 0. The fraction of sp³-hybridized carbons (Fsp3) is 0.500. The molecule has 0 bridgehead atoms. The Balaban J connectivity index is 2.03. The highest BCUT2D eigenvalue weighted by Crippen LogP contribution is 2.20. The zero-order valence-corrected chi connectivity index (χ0v) is 13.3. The van der Waals surface area contributed by atoms with Crippen molar-refractivity contribution in [2.45, 2.75) is 45.9 Å². The van der Waals surface area contributed by atoms with Gasteiger partial charge in [-0.3, -0.25) is 4.90 Å². The number of hydrogen-bond acceptors (Lipinski definition) is 5. The van der Waals surface area contributed by atoms with Crippen LogP contribution in [0.5, 0.6) is 0 Å². The lowest BCUT2D eigenvalue weighted by molar-refractivity contribution is 0.203. The Kier molecular flexibility index (Phi) is 5.10. The lowest BCUT2D eigenvalue weighted by Gasteiger charge is -2.25. The van der Waals surface area contributed by atoms with E-state index in [0.29, 0.717) is 6.04 Å². The topological polar surface area (TPSA) is 42.1 Å². The molecule has 19 heavy (non-hydrogen) atoms. The van der Waals surface area contributed by atoms with Gasteiger partial charge in [0.1, 0.15) is 5.01 Å². The highest BCUT2D eigenvalue weighted by molar-refractivity contribution is 7.10. The third-order valence-electron chi connectivity index (χ3n) is 2.99. The van der Waals surface area contributed by atoms with Gasteiger partial charge < -0.3 is 5.73 Å². The van der Waals surface area contributed by atoms with Crippen LogP contribution in [0.2, 0.25) is 0 Å². The first-order valence-corrected chi connectivity index (χ1v) is 8.28. The summed E-state index contributed by atoms with van der Waals surface area (Å²) in [5.41, 5.74) is 6.99. The number of nitrogens with zero attached hydrogens (tertiary/aromatic N) is 2. The van der Waals surface area contributed by atoms with E-state index in [1.54, 1.807) is 11.3 Å². The Morgan fingerprint density at radius 3 is 2.58 bits per heavy atom. The van der Waals surface area contributed by atoms with Crippen LogP contribution in [0.1, 0.15) is 42.4 Å². The normalized spacial score (nSPS) is 13.4. The van der Waals surface area contributed by atoms with E-state index in [9.17, 15) is 0 Å². The number of thiophene rings is 1. The van der Waals surface area contributed by atoms with Crippen LogP contribution in [0.3, 0.4) is 0 Å². The molecule has 3 nitrogen and oxygen atoms in total. The van der Waals surface area contributed by atoms with Gasteiger partial charge in [0.05, 0.1) is 11.7 Å². The molecule has 0 aliphatic carbocycles. The average molecular weight is 295 g/mol. The third-order valence-corrected chi connectivity index (χ3v) is 4.95. The molecular formula is C14H21N3S2. The van der Waals surface area contributed by atoms with Crippen LogP contribution >= 0.6 is 22.7 Å². The van der Waals surface area contributed by atoms with Gasteiger partial charge in [0, 0.05) is 29.4 Å². The zero-order valence-electron chi connectivity index (χ0n) is 11.7. The molecule has 0 aliphatic rings. The second-order valence-electron chi connectivity index (χ2n) is 5.04. The standard InChI is InChI=1S/C14H21N3S2/c1-10(2)17(8-13-5-4-6-18-13)7-12-9-19-14(16-12)11(3)15/h4-6,9-11H,7-8,15H2,1-3H3. The Hall–Kier alpha value is -0.750. The molecule has 0 saturated carbocycles. The molecule has 1 atom stereocenters. The van der Waals surface area contributed by atoms with Crippen LogP contribution in [0, 0.1) is 0 Å². The predicted molar refractivity (Wildman–Crippen MR) is 83.4 cm³/mol. The van der Waals surface area contributed by atoms with Gasteiger partial charge in [0.2, 0.25) is 0 Å². The van der Waals surface area contributed by atoms with Crippen molar-refractivity contribution in [3.63, 3.8) is 0 Å².